The highest BCUT2D eigenvalue weighted by Gasteiger charge is 2.21. The molecule has 2 aromatic carbocycles. The minimum Gasteiger partial charge on any atom is -0.241 e. The number of rotatable bonds is 4. The number of hydrogen-bond acceptors (Lipinski definition) is 2. The van der Waals surface area contributed by atoms with Crippen LogP contribution in [0.15, 0.2) is 59.6 Å². The largest absolute Gasteiger partial charge is 0.268 e. The third kappa shape index (κ3) is 3.54. The van der Waals surface area contributed by atoms with Crippen molar-refractivity contribution in [2.45, 2.75) is 24.1 Å². The van der Waals surface area contributed by atoms with Gasteiger partial charge in [0, 0.05) is 16.5 Å². The lowest BCUT2D eigenvalue weighted by molar-refractivity contribution is 0.588. The molecule has 0 aliphatic heterocycles. The van der Waals surface area contributed by atoms with Gasteiger partial charge in [0.05, 0.1) is 10.6 Å². The molecular weight excluding hydrogens is 422 g/mol. The van der Waals surface area contributed by atoms with E-state index >= 15 is 0 Å². The Morgan fingerprint density at radius 2 is 1.72 bits per heavy atom. The van der Waals surface area contributed by atoms with Crippen molar-refractivity contribution in [3.05, 3.63) is 76.4 Å². The van der Waals surface area contributed by atoms with Crippen molar-refractivity contribution < 1.29 is 8.42 Å². The Kier molecular flexibility index (Phi) is 5.09. The molecule has 0 bridgehead atoms. The highest BCUT2D eigenvalue weighted by Crippen LogP contribution is 2.30. The van der Waals surface area contributed by atoms with Gasteiger partial charge in [-0.3, -0.25) is 0 Å². The first-order valence-electron chi connectivity index (χ1n) is 7.69. The van der Waals surface area contributed by atoms with Gasteiger partial charge in [0.2, 0.25) is 0 Å². The molecular formula is C19H17BrClNO2S. The number of hydrogen-bond donors (Lipinski definition) is 0. The summed E-state index contributed by atoms with van der Waals surface area (Å²) >= 11 is 9.52. The molecule has 130 valence electrons. The zero-order chi connectivity index (χ0) is 18.2. The molecule has 6 heteroatoms. The van der Waals surface area contributed by atoms with Gasteiger partial charge >= 0.3 is 0 Å². The van der Waals surface area contributed by atoms with E-state index in [0.717, 1.165) is 22.3 Å². The molecule has 0 spiro atoms. The second-order valence-corrected chi connectivity index (χ2v) is 8.73. The lowest BCUT2D eigenvalue weighted by Gasteiger charge is -2.12. The summed E-state index contributed by atoms with van der Waals surface area (Å²) in [6.45, 7) is 3.83. The van der Waals surface area contributed by atoms with E-state index in [1.165, 1.54) is 3.97 Å². The van der Waals surface area contributed by atoms with Crippen LogP contribution in [0.25, 0.3) is 11.3 Å². The fraction of sp³-hybridized carbons (Fsp3) is 0.158. The highest BCUT2D eigenvalue weighted by atomic mass is 79.9. The molecule has 0 saturated carbocycles. The van der Waals surface area contributed by atoms with Crippen molar-refractivity contribution in [2.75, 3.05) is 0 Å². The molecule has 0 amide bonds. The van der Waals surface area contributed by atoms with E-state index in [0.29, 0.717) is 16.0 Å². The van der Waals surface area contributed by atoms with Gasteiger partial charge in [-0.2, -0.15) is 0 Å². The predicted molar refractivity (Wildman–Crippen MR) is 106 cm³/mol. The molecule has 0 N–H and O–H groups in total. The van der Waals surface area contributed by atoms with Gasteiger partial charge in [0.15, 0.2) is 0 Å². The molecule has 3 aromatic rings. The molecule has 1 aromatic heterocycles. The van der Waals surface area contributed by atoms with Gasteiger partial charge in [-0.25, -0.2) is 12.4 Å². The molecule has 3 rings (SSSR count). The van der Waals surface area contributed by atoms with Gasteiger partial charge in [-0.05, 0) is 60.9 Å². The van der Waals surface area contributed by atoms with Crippen molar-refractivity contribution in [3.63, 3.8) is 0 Å². The first-order valence-corrected chi connectivity index (χ1v) is 10.6. The topological polar surface area (TPSA) is 39.1 Å². The van der Waals surface area contributed by atoms with Gasteiger partial charge in [0.1, 0.15) is 0 Å². The number of aryl methyl sites for hydroxylation is 2. The summed E-state index contributed by atoms with van der Waals surface area (Å²) in [6, 6.07) is 14.3. The average Bonchev–Trinajstić information content (AvgIpc) is 3.03. The maximum absolute atomic E-state index is 13.1. The Morgan fingerprint density at radius 3 is 2.32 bits per heavy atom. The first-order chi connectivity index (χ1) is 11.8. The van der Waals surface area contributed by atoms with Crippen LogP contribution in [0.4, 0.5) is 0 Å². The van der Waals surface area contributed by atoms with Crippen LogP contribution in [0.5, 0.6) is 0 Å². The molecule has 0 radical (unpaired) electrons. The lowest BCUT2D eigenvalue weighted by Crippen LogP contribution is -2.13. The first kappa shape index (κ1) is 18.2. The van der Waals surface area contributed by atoms with Crippen molar-refractivity contribution in [2.24, 2.45) is 0 Å². The maximum atomic E-state index is 13.1. The summed E-state index contributed by atoms with van der Waals surface area (Å²) in [6.07, 6.45) is 1.66. The zero-order valence-corrected chi connectivity index (χ0v) is 17.0. The molecule has 0 atom stereocenters. The fourth-order valence-electron chi connectivity index (χ4n) is 2.61. The van der Waals surface area contributed by atoms with Crippen LogP contribution in [0.1, 0.15) is 16.7 Å². The van der Waals surface area contributed by atoms with E-state index < -0.39 is 10.0 Å². The van der Waals surface area contributed by atoms with Crippen LogP contribution in [0.3, 0.4) is 0 Å². The molecule has 1 heterocycles. The van der Waals surface area contributed by atoms with Crippen LogP contribution in [-0.4, -0.2) is 12.4 Å². The third-order valence-electron chi connectivity index (χ3n) is 4.03. The van der Waals surface area contributed by atoms with Crippen LogP contribution in [-0.2, 0) is 15.4 Å². The Bertz CT molecular complexity index is 1020. The highest BCUT2D eigenvalue weighted by molar-refractivity contribution is 9.08. The Morgan fingerprint density at radius 1 is 1.04 bits per heavy atom. The zero-order valence-electron chi connectivity index (χ0n) is 13.8. The van der Waals surface area contributed by atoms with E-state index in [1.54, 1.807) is 36.5 Å². The average molecular weight is 439 g/mol. The third-order valence-corrected chi connectivity index (χ3v) is 6.79. The summed E-state index contributed by atoms with van der Waals surface area (Å²) in [4.78, 5) is 0.266. The fourth-order valence-corrected chi connectivity index (χ4v) is 4.43. The van der Waals surface area contributed by atoms with Crippen molar-refractivity contribution in [1.82, 2.24) is 3.97 Å². The molecule has 0 unspecified atom stereocenters. The van der Waals surface area contributed by atoms with Gasteiger partial charge in [-0.1, -0.05) is 51.3 Å². The van der Waals surface area contributed by atoms with Crippen LogP contribution < -0.4 is 0 Å². The summed E-state index contributed by atoms with van der Waals surface area (Å²) in [5, 5.41) is 1.23. The van der Waals surface area contributed by atoms with Crippen molar-refractivity contribution >= 4 is 37.6 Å². The molecule has 3 nitrogen and oxygen atoms in total. The monoisotopic (exact) mass is 437 g/mol. The number of benzene rings is 2. The number of nitrogens with zero attached hydrogens (tertiary/aromatic N) is 1. The van der Waals surface area contributed by atoms with Crippen LogP contribution in [0.2, 0.25) is 5.02 Å². The summed E-state index contributed by atoms with van der Waals surface area (Å²) < 4.78 is 27.6. The molecule has 0 aliphatic rings. The SMILES string of the molecule is Cc1ccc(S(=O)(=O)n2cc(CBr)cc2-c2ccc(Cl)c(C)c2)cc1. The number of alkyl halides is 1. The maximum Gasteiger partial charge on any atom is 0.268 e. The van der Waals surface area contributed by atoms with E-state index in [9.17, 15) is 8.42 Å². The molecule has 0 aliphatic carbocycles. The van der Waals surface area contributed by atoms with Gasteiger partial charge in [0.25, 0.3) is 10.0 Å². The normalized spacial score (nSPS) is 11.7. The van der Waals surface area contributed by atoms with E-state index in [2.05, 4.69) is 15.9 Å². The summed E-state index contributed by atoms with van der Waals surface area (Å²) in [5.74, 6) is 0. The minimum absolute atomic E-state index is 0.266. The van der Waals surface area contributed by atoms with Crippen molar-refractivity contribution in [3.8, 4) is 11.3 Å². The van der Waals surface area contributed by atoms with Crippen LogP contribution >= 0.6 is 27.5 Å². The molecule has 0 fully saturated rings. The van der Waals surface area contributed by atoms with Gasteiger partial charge in [-0.15, -0.1) is 0 Å². The van der Waals surface area contributed by atoms with Gasteiger partial charge < -0.3 is 0 Å². The Hall–Kier alpha value is -1.56. The van der Waals surface area contributed by atoms with Crippen LogP contribution in [0, 0.1) is 13.8 Å². The Labute approximate surface area is 161 Å². The number of aromatic nitrogens is 1. The Balaban J connectivity index is 2.20. The molecule has 25 heavy (non-hydrogen) atoms. The van der Waals surface area contributed by atoms with E-state index in [1.807, 2.05) is 32.0 Å². The molecule has 0 saturated heterocycles. The quantitative estimate of drug-likeness (QED) is 0.500. The summed E-state index contributed by atoms with van der Waals surface area (Å²) in [5.41, 5.74) is 4.24. The minimum atomic E-state index is -3.68. The lowest BCUT2D eigenvalue weighted by atomic mass is 10.1. The van der Waals surface area contributed by atoms with Crippen molar-refractivity contribution in [1.29, 1.82) is 0 Å². The second kappa shape index (κ2) is 6.98. The predicted octanol–water partition coefficient (Wildman–Crippen LogP) is 5.56. The second-order valence-electron chi connectivity index (χ2n) is 5.95. The van der Waals surface area contributed by atoms with E-state index in [4.69, 9.17) is 11.6 Å². The van der Waals surface area contributed by atoms with E-state index in [-0.39, 0.29) is 4.90 Å². The standard InChI is InChI=1S/C19H17BrClNO2S/c1-13-3-6-17(7-4-13)25(23,24)22-12-15(11-20)10-19(22)16-5-8-18(21)14(2)9-16/h3-10,12H,11H2,1-2H3. The summed E-state index contributed by atoms with van der Waals surface area (Å²) in [7, 11) is -3.68. The number of halogens is 2. The smallest absolute Gasteiger partial charge is 0.241 e.